The number of carbonyl (C=O) groups is 1. The molecule has 3 nitrogen and oxygen atoms in total. The van der Waals surface area contributed by atoms with E-state index in [2.05, 4.69) is 6.58 Å². The van der Waals surface area contributed by atoms with Crippen LogP contribution in [-0.4, -0.2) is 17.7 Å². The minimum absolute atomic E-state index is 0.540. The number of carboxylic acids is 1. The number of hydrogen-bond acceptors (Lipinski definition) is 2. The molecule has 0 saturated carbocycles. The molecule has 0 spiro atoms. The molecular formula is C14H15ClO3. The van der Waals surface area contributed by atoms with Crippen LogP contribution < -0.4 is 4.74 Å². The van der Waals surface area contributed by atoms with Crippen LogP contribution in [0.4, 0.5) is 0 Å². The zero-order valence-electron chi connectivity index (χ0n) is 9.93. The van der Waals surface area contributed by atoms with Crippen LogP contribution in [-0.2, 0) is 4.79 Å². The summed E-state index contributed by atoms with van der Waals surface area (Å²) in [6, 6.07) is 5.12. The van der Waals surface area contributed by atoms with Crippen molar-refractivity contribution >= 4 is 23.6 Å². The molecule has 0 saturated heterocycles. The average molecular weight is 267 g/mol. The van der Waals surface area contributed by atoms with E-state index < -0.39 is 5.97 Å². The van der Waals surface area contributed by atoms with E-state index in [9.17, 15) is 4.79 Å². The van der Waals surface area contributed by atoms with Crippen molar-refractivity contribution in [1.29, 1.82) is 0 Å². The van der Waals surface area contributed by atoms with Gasteiger partial charge in [0, 0.05) is 16.7 Å². The molecule has 96 valence electrons. The first-order valence-corrected chi connectivity index (χ1v) is 5.95. The van der Waals surface area contributed by atoms with Gasteiger partial charge in [0.1, 0.15) is 5.75 Å². The molecule has 0 radical (unpaired) electrons. The van der Waals surface area contributed by atoms with Crippen LogP contribution in [0.3, 0.4) is 0 Å². The van der Waals surface area contributed by atoms with Crippen molar-refractivity contribution in [3.05, 3.63) is 47.5 Å². The Morgan fingerprint density at radius 3 is 2.94 bits per heavy atom. The van der Waals surface area contributed by atoms with E-state index in [-0.39, 0.29) is 0 Å². The molecule has 0 atom stereocenters. The molecule has 18 heavy (non-hydrogen) atoms. The number of ether oxygens (including phenoxy) is 1. The van der Waals surface area contributed by atoms with E-state index in [4.69, 9.17) is 21.4 Å². The molecule has 0 aliphatic heterocycles. The molecule has 0 amide bonds. The highest BCUT2D eigenvalue weighted by Gasteiger charge is 2.02. The van der Waals surface area contributed by atoms with Crippen molar-refractivity contribution in [2.45, 2.75) is 12.8 Å². The predicted octanol–water partition coefficient (Wildman–Crippen LogP) is 3.78. The van der Waals surface area contributed by atoms with Crippen LogP contribution >= 0.6 is 11.6 Å². The Kier molecular flexibility index (Phi) is 6.01. The highest BCUT2D eigenvalue weighted by molar-refractivity contribution is 6.30. The molecule has 1 aromatic rings. The van der Waals surface area contributed by atoms with Crippen LogP contribution in [0.25, 0.3) is 6.08 Å². The minimum Gasteiger partial charge on any atom is -0.493 e. The number of halogens is 1. The lowest BCUT2D eigenvalue weighted by molar-refractivity contribution is -0.131. The van der Waals surface area contributed by atoms with E-state index in [1.165, 1.54) is 6.08 Å². The van der Waals surface area contributed by atoms with Crippen molar-refractivity contribution in [2.24, 2.45) is 0 Å². The lowest BCUT2D eigenvalue weighted by Crippen LogP contribution is -1.98. The van der Waals surface area contributed by atoms with E-state index in [1.54, 1.807) is 18.2 Å². The lowest BCUT2D eigenvalue weighted by atomic mass is 10.2. The van der Waals surface area contributed by atoms with Crippen molar-refractivity contribution in [3.8, 4) is 5.75 Å². The van der Waals surface area contributed by atoms with Crippen molar-refractivity contribution in [1.82, 2.24) is 0 Å². The van der Waals surface area contributed by atoms with Gasteiger partial charge in [-0.05, 0) is 37.1 Å². The van der Waals surface area contributed by atoms with Gasteiger partial charge in [0.15, 0.2) is 0 Å². The molecule has 0 aromatic heterocycles. The number of benzene rings is 1. The van der Waals surface area contributed by atoms with Crippen LogP contribution in [0.15, 0.2) is 36.9 Å². The number of rotatable bonds is 7. The molecule has 0 bridgehead atoms. The molecule has 1 aromatic carbocycles. The Hall–Kier alpha value is -1.74. The second-order valence-electron chi connectivity index (χ2n) is 3.63. The van der Waals surface area contributed by atoms with Crippen LogP contribution in [0.2, 0.25) is 5.02 Å². The summed E-state index contributed by atoms with van der Waals surface area (Å²) in [5.74, 6) is -0.381. The zero-order chi connectivity index (χ0) is 13.4. The Balaban J connectivity index is 2.76. The van der Waals surface area contributed by atoms with Gasteiger partial charge in [-0.1, -0.05) is 17.7 Å². The number of carboxylic acid groups (broad SMARTS) is 1. The largest absolute Gasteiger partial charge is 0.493 e. The third-order valence-electron chi connectivity index (χ3n) is 2.19. The molecular weight excluding hydrogens is 252 g/mol. The first-order valence-electron chi connectivity index (χ1n) is 5.57. The van der Waals surface area contributed by atoms with Crippen molar-refractivity contribution in [2.75, 3.05) is 6.61 Å². The molecule has 0 fully saturated rings. The Morgan fingerprint density at radius 1 is 1.50 bits per heavy atom. The summed E-state index contributed by atoms with van der Waals surface area (Å²) in [5, 5.41) is 9.15. The predicted molar refractivity (Wildman–Crippen MR) is 73.0 cm³/mol. The molecule has 0 heterocycles. The van der Waals surface area contributed by atoms with Gasteiger partial charge in [0.2, 0.25) is 0 Å². The number of allylic oxidation sites excluding steroid dienone is 1. The second kappa shape index (κ2) is 7.56. The minimum atomic E-state index is -1.01. The van der Waals surface area contributed by atoms with Gasteiger partial charge in [0.25, 0.3) is 0 Å². The molecule has 1 rings (SSSR count). The fourth-order valence-corrected chi connectivity index (χ4v) is 1.53. The summed E-state index contributed by atoms with van der Waals surface area (Å²) in [6.07, 6.45) is 6.11. The highest BCUT2D eigenvalue weighted by Crippen LogP contribution is 2.24. The maximum Gasteiger partial charge on any atom is 0.328 e. The topological polar surface area (TPSA) is 46.5 Å². The summed E-state index contributed by atoms with van der Waals surface area (Å²) in [6.45, 7) is 4.19. The maximum absolute atomic E-state index is 10.5. The van der Waals surface area contributed by atoms with Crippen molar-refractivity contribution < 1.29 is 14.6 Å². The monoisotopic (exact) mass is 266 g/mol. The Labute approximate surface area is 111 Å². The van der Waals surface area contributed by atoms with Gasteiger partial charge in [-0.2, -0.15) is 0 Å². The fraction of sp³-hybridized carbons (Fsp3) is 0.214. The normalized spacial score (nSPS) is 10.5. The first kappa shape index (κ1) is 14.3. The maximum atomic E-state index is 10.5. The summed E-state index contributed by atoms with van der Waals surface area (Å²) in [4.78, 5) is 10.5. The molecule has 0 aliphatic rings. The number of hydrogen-bond donors (Lipinski definition) is 1. The average Bonchev–Trinajstić information content (AvgIpc) is 2.34. The van der Waals surface area contributed by atoms with E-state index >= 15 is 0 Å². The third kappa shape index (κ3) is 5.06. The lowest BCUT2D eigenvalue weighted by Gasteiger charge is -2.09. The smallest absolute Gasteiger partial charge is 0.328 e. The Bertz CT molecular complexity index is 452. The first-order chi connectivity index (χ1) is 8.63. The zero-order valence-corrected chi connectivity index (χ0v) is 10.7. The van der Waals surface area contributed by atoms with Gasteiger partial charge in [-0.15, -0.1) is 6.58 Å². The van der Waals surface area contributed by atoms with Gasteiger partial charge in [-0.25, -0.2) is 4.79 Å². The quantitative estimate of drug-likeness (QED) is 0.464. The van der Waals surface area contributed by atoms with E-state index in [1.807, 2.05) is 6.08 Å². The van der Waals surface area contributed by atoms with Crippen LogP contribution in [0.1, 0.15) is 18.4 Å². The number of unbranched alkanes of at least 4 members (excludes halogenated alkanes) is 1. The third-order valence-corrected chi connectivity index (χ3v) is 2.42. The summed E-state index contributed by atoms with van der Waals surface area (Å²) >= 11 is 5.87. The van der Waals surface area contributed by atoms with E-state index in [0.29, 0.717) is 22.9 Å². The van der Waals surface area contributed by atoms with Gasteiger partial charge >= 0.3 is 5.97 Å². The molecule has 0 unspecified atom stereocenters. The summed E-state index contributed by atoms with van der Waals surface area (Å²) < 4.78 is 5.58. The van der Waals surface area contributed by atoms with Gasteiger partial charge in [0.05, 0.1) is 6.61 Å². The molecule has 0 aliphatic carbocycles. The number of aliphatic carboxylic acids is 1. The SMILES string of the molecule is C=CCCCOc1ccc(Cl)cc1C=CC(=O)O. The standard InChI is InChI=1S/C14H15ClO3/c1-2-3-4-9-18-13-7-6-12(15)10-11(13)5-8-14(16)17/h2,5-8,10H,1,3-4,9H2,(H,16,17). The van der Waals surface area contributed by atoms with Crippen LogP contribution in [0, 0.1) is 0 Å². The molecule has 4 heteroatoms. The van der Waals surface area contributed by atoms with Crippen molar-refractivity contribution in [3.63, 3.8) is 0 Å². The summed E-state index contributed by atoms with van der Waals surface area (Å²) in [5.41, 5.74) is 0.656. The second-order valence-corrected chi connectivity index (χ2v) is 4.07. The highest BCUT2D eigenvalue weighted by atomic mass is 35.5. The van der Waals surface area contributed by atoms with Gasteiger partial charge in [-0.3, -0.25) is 0 Å². The molecule has 1 N–H and O–H groups in total. The summed E-state index contributed by atoms with van der Waals surface area (Å²) in [7, 11) is 0. The van der Waals surface area contributed by atoms with Gasteiger partial charge < -0.3 is 9.84 Å². The fourth-order valence-electron chi connectivity index (χ4n) is 1.35. The van der Waals surface area contributed by atoms with Crippen LogP contribution in [0.5, 0.6) is 5.75 Å². The van der Waals surface area contributed by atoms with E-state index in [0.717, 1.165) is 18.9 Å². The Morgan fingerprint density at radius 2 is 2.28 bits per heavy atom.